The standard InChI is InChI=1S/C19H28N2O2/c1-2-17(14-22)20-10-12-21(13-11-20)19(23)18(16-8-9-16)15-6-4-3-5-7-15/h3-7,16-18,22H,2,8-14H2,1H3. The first kappa shape index (κ1) is 16.5. The Kier molecular flexibility index (Phi) is 5.34. The van der Waals surface area contributed by atoms with Crippen LogP contribution in [0.1, 0.15) is 37.7 Å². The minimum absolute atomic E-state index is 0.0440. The number of nitrogens with zero attached hydrogens (tertiary/aromatic N) is 2. The van der Waals surface area contributed by atoms with E-state index in [2.05, 4.69) is 24.0 Å². The number of hydrogen-bond acceptors (Lipinski definition) is 3. The predicted molar refractivity (Wildman–Crippen MR) is 91.2 cm³/mol. The number of rotatable bonds is 6. The van der Waals surface area contributed by atoms with Gasteiger partial charge in [-0.25, -0.2) is 0 Å². The quantitative estimate of drug-likeness (QED) is 0.874. The predicted octanol–water partition coefficient (Wildman–Crippen LogP) is 2.10. The molecule has 1 aromatic rings. The van der Waals surface area contributed by atoms with Crippen molar-refractivity contribution in [2.75, 3.05) is 32.8 Å². The highest BCUT2D eigenvalue weighted by Crippen LogP contribution is 2.43. The van der Waals surface area contributed by atoms with Gasteiger partial charge in [0.25, 0.3) is 0 Å². The number of benzene rings is 1. The van der Waals surface area contributed by atoms with Gasteiger partial charge in [-0.05, 0) is 30.7 Å². The normalized spacial score (nSPS) is 21.9. The lowest BCUT2D eigenvalue weighted by molar-refractivity contribution is -0.135. The molecule has 0 radical (unpaired) electrons. The van der Waals surface area contributed by atoms with Crippen LogP contribution in [0.2, 0.25) is 0 Å². The summed E-state index contributed by atoms with van der Waals surface area (Å²) in [5.74, 6) is 0.877. The van der Waals surface area contributed by atoms with Gasteiger partial charge < -0.3 is 10.0 Å². The van der Waals surface area contributed by atoms with Crippen molar-refractivity contribution >= 4 is 5.91 Å². The number of aliphatic hydroxyl groups is 1. The van der Waals surface area contributed by atoms with Crippen LogP contribution < -0.4 is 0 Å². The van der Waals surface area contributed by atoms with Crippen molar-refractivity contribution in [2.45, 2.75) is 38.1 Å². The first-order chi connectivity index (χ1) is 11.2. The van der Waals surface area contributed by atoms with Crippen LogP contribution in [-0.2, 0) is 4.79 Å². The summed E-state index contributed by atoms with van der Waals surface area (Å²) < 4.78 is 0. The van der Waals surface area contributed by atoms with E-state index in [4.69, 9.17) is 0 Å². The van der Waals surface area contributed by atoms with Crippen LogP contribution in [-0.4, -0.2) is 59.6 Å². The van der Waals surface area contributed by atoms with Crippen molar-refractivity contribution in [2.24, 2.45) is 5.92 Å². The van der Waals surface area contributed by atoms with Gasteiger partial charge in [0.15, 0.2) is 0 Å². The second-order valence-corrected chi connectivity index (χ2v) is 6.83. The molecule has 1 saturated heterocycles. The molecular weight excluding hydrogens is 288 g/mol. The Bertz CT molecular complexity index is 503. The molecule has 0 spiro atoms. The summed E-state index contributed by atoms with van der Waals surface area (Å²) in [6.07, 6.45) is 3.31. The molecular formula is C19H28N2O2. The van der Waals surface area contributed by atoms with Crippen molar-refractivity contribution in [3.05, 3.63) is 35.9 Å². The zero-order chi connectivity index (χ0) is 16.2. The topological polar surface area (TPSA) is 43.8 Å². The van der Waals surface area contributed by atoms with Crippen molar-refractivity contribution in [3.8, 4) is 0 Å². The number of carbonyl (C=O) groups excluding carboxylic acids is 1. The fourth-order valence-corrected chi connectivity index (χ4v) is 3.71. The minimum atomic E-state index is 0.0440. The summed E-state index contributed by atoms with van der Waals surface area (Å²) in [7, 11) is 0. The average molecular weight is 316 g/mol. The highest BCUT2D eigenvalue weighted by Gasteiger charge is 2.40. The lowest BCUT2D eigenvalue weighted by Crippen LogP contribution is -2.53. The molecule has 2 unspecified atom stereocenters. The van der Waals surface area contributed by atoms with E-state index in [9.17, 15) is 9.90 Å². The van der Waals surface area contributed by atoms with Gasteiger partial charge in [-0.2, -0.15) is 0 Å². The summed E-state index contributed by atoms with van der Waals surface area (Å²) in [6, 6.07) is 10.5. The van der Waals surface area contributed by atoms with Crippen molar-refractivity contribution in [1.29, 1.82) is 0 Å². The Hall–Kier alpha value is -1.39. The molecule has 0 aromatic heterocycles. The second-order valence-electron chi connectivity index (χ2n) is 6.83. The van der Waals surface area contributed by atoms with E-state index >= 15 is 0 Å². The van der Waals surface area contributed by atoms with Crippen LogP contribution in [0, 0.1) is 5.92 Å². The molecule has 2 atom stereocenters. The Balaban J connectivity index is 1.64. The van der Waals surface area contributed by atoms with Crippen LogP contribution in [0.15, 0.2) is 30.3 Å². The third-order valence-corrected chi connectivity index (χ3v) is 5.34. The van der Waals surface area contributed by atoms with Crippen LogP contribution in [0.4, 0.5) is 0 Å². The molecule has 1 aliphatic carbocycles. The Morgan fingerprint density at radius 2 is 1.83 bits per heavy atom. The third kappa shape index (κ3) is 3.75. The molecule has 4 heteroatoms. The molecule has 1 aromatic carbocycles. The van der Waals surface area contributed by atoms with Crippen LogP contribution >= 0.6 is 0 Å². The van der Waals surface area contributed by atoms with Gasteiger partial charge in [-0.3, -0.25) is 9.69 Å². The zero-order valence-electron chi connectivity index (χ0n) is 14.0. The van der Waals surface area contributed by atoms with Gasteiger partial charge in [0.1, 0.15) is 0 Å². The molecule has 2 aliphatic rings. The summed E-state index contributed by atoms with van der Waals surface area (Å²) >= 11 is 0. The smallest absolute Gasteiger partial charge is 0.230 e. The molecule has 1 amide bonds. The summed E-state index contributed by atoms with van der Waals surface area (Å²) in [5.41, 5.74) is 1.17. The maximum atomic E-state index is 13.1. The van der Waals surface area contributed by atoms with E-state index in [1.165, 1.54) is 18.4 Å². The van der Waals surface area contributed by atoms with Gasteiger partial charge in [-0.1, -0.05) is 37.3 Å². The van der Waals surface area contributed by atoms with Gasteiger partial charge >= 0.3 is 0 Å². The maximum absolute atomic E-state index is 13.1. The van der Waals surface area contributed by atoms with E-state index in [0.29, 0.717) is 11.8 Å². The third-order valence-electron chi connectivity index (χ3n) is 5.34. The van der Waals surface area contributed by atoms with Crippen LogP contribution in [0.25, 0.3) is 0 Å². The van der Waals surface area contributed by atoms with Crippen molar-refractivity contribution in [3.63, 3.8) is 0 Å². The highest BCUT2D eigenvalue weighted by atomic mass is 16.3. The molecule has 3 rings (SSSR count). The minimum Gasteiger partial charge on any atom is -0.395 e. The lowest BCUT2D eigenvalue weighted by atomic mass is 9.92. The number of hydrogen-bond donors (Lipinski definition) is 1. The van der Waals surface area contributed by atoms with Crippen molar-refractivity contribution < 1.29 is 9.90 Å². The molecule has 0 bridgehead atoms. The van der Waals surface area contributed by atoms with E-state index in [1.54, 1.807) is 0 Å². The van der Waals surface area contributed by atoms with E-state index in [-0.39, 0.29) is 18.6 Å². The Labute approximate surface area is 139 Å². The first-order valence-electron chi connectivity index (χ1n) is 8.93. The second kappa shape index (κ2) is 7.45. The molecule has 1 heterocycles. The summed E-state index contributed by atoms with van der Waals surface area (Å²) in [6.45, 7) is 5.63. The molecule has 4 nitrogen and oxygen atoms in total. The maximum Gasteiger partial charge on any atom is 0.230 e. The zero-order valence-corrected chi connectivity index (χ0v) is 14.0. The fraction of sp³-hybridized carbons (Fsp3) is 0.632. The number of amides is 1. The molecule has 2 fully saturated rings. The van der Waals surface area contributed by atoms with Gasteiger partial charge in [-0.15, -0.1) is 0 Å². The summed E-state index contributed by atoms with van der Waals surface area (Å²) in [4.78, 5) is 17.4. The van der Waals surface area contributed by atoms with E-state index in [1.807, 2.05) is 23.1 Å². The Morgan fingerprint density at radius 1 is 1.17 bits per heavy atom. The van der Waals surface area contributed by atoms with Crippen LogP contribution in [0.3, 0.4) is 0 Å². The largest absolute Gasteiger partial charge is 0.395 e. The van der Waals surface area contributed by atoms with E-state index in [0.717, 1.165) is 32.6 Å². The van der Waals surface area contributed by atoms with E-state index < -0.39 is 0 Å². The first-order valence-corrected chi connectivity index (χ1v) is 8.93. The molecule has 1 N–H and O–H groups in total. The lowest BCUT2D eigenvalue weighted by Gasteiger charge is -2.39. The fourth-order valence-electron chi connectivity index (χ4n) is 3.71. The highest BCUT2D eigenvalue weighted by molar-refractivity contribution is 5.84. The van der Waals surface area contributed by atoms with Gasteiger partial charge in [0, 0.05) is 32.2 Å². The number of piperazine rings is 1. The number of carbonyl (C=O) groups is 1. The average Bonchev–Trinajstić information content (AvgIpc) is 3.43. The SMILES string of the molecule is CCC(CO)N1CCN(C(=O)C(c2ccccc2)C2CC2)CC1. The molecule has 1 aliphatic heterocycles. The van der Waals surface area contributed by atoms with Crippen molar-refractivity contribution in [1.82, 2.24) is 9.80 Å². The summed E-state index contributed by atoms with van der Waals surface area (Å²) in [5, 5.41) is 9.45. The van der Waals surface area contributed by atoms with Gasteiger partial charge in [0.2, 0.25) is 5.91 Å². The number of aliphatic hydroxyl groups excluding tert-OH is 1. The molecule has 1 saturated carbocycles. The van der Waals surface area contributed by atoms with Crippen LogP contribution in [0.5, 0.6) is 0 Å². The van der Waals surface area contributed by atoms with Gasteiger partial charge in [0.05, 0.1) is 12.5 Å². The Morgan fingerprint density at radius 3 is 2.35 bits per heavy atom. The molecule has 126 valence electrons. The monoisotopic (exact) mass is 316 g/mol. The molecule has 23 heavy (non-hydrogen) atoms.